The Hall–Kier alpha value is -3.02. The first kappa shape index (κ1) is 18.3. The molecule has 6 nitrogen and oxygen atoms in total. The van der Waals surface area contributed by atoms with Crippen LogP contribution in [0.5, 0.6) is 11.5 Å². The highest BCUT2D eigenvalue weighted by atomic mass is 16.5. The van der Waals surface area contributed by atoms with Crippen molar-refractivity contribution in [3.63, 3.8) is 0 Å². The number of carbonyl (C=O) groups excluding carboxylic acids is 2. The summed E-state index contributed by atoms with van der Waals surface area (Å²) in [6.45, 7) is 5.46. The Morgan fingerprint density at radius 1 is 0.960 bits per heavy atom. The Morgan fingerprint density at radius 2 is 1.56 bits per heavy atom. The Morgan fingerprint density at radius 3 is 2.12 bits per heavy atom. The zero-order valence-electron chi connectivity index (χ0n) is 14.8. The molecule has 0 aliphatic rings. The number of hydrazine groups is 1. The molecule has 6 heteroatoms. The van der Waals surface area contributed by atoms with Crippen molar-refractivity contribution in [2.24, 2.45) is 0 Å². The van der Waals surface area contributed by atoms with Crippen LogP contribution in [0.1, 0.15) is 28.4 Å². The zero-order chi connectivity index (χ0) is 18.4. The van der Waals surface area contributed by atoms with E-state index in [0.717, 1.165) is 11.1 Å². The number of hydrogen-bond acceptors (Lipinski definition) is 4. The van der Waals surface area contributed by atoms with Crippen molar-refractivity contribution in [1.82, 2.24) is 10.9 Å². The predicted molar refractivity (Wildman–Crippen MR) is 94.6 cm³/mol. The number of para-hydroxylation sites is 1. The lowest BCUT2D eigenvalue weighted by Gasteiger charge is -2.18. The first-order valence-electron chi connectivity index (χ1n) is 7.89. The minimum Gasteiger partial charge on any atom is -0.497 e. The number of rotatable bonds is 5. The third-order valence-electron chi connectivity index (χ3n) is 3.72. The van der Waals surface area contributed by atoms with E-state index < -0.39 is 17.9 Å². The van der Waals surface area contributed by atoms with Crippen molar-refractivity contribution >= 4 is 11.8 Å². The Kier molecular flexibility index (Phi) is 6.00. The largest absolute Gasteiger partial charge is 0.497 e. The molecule has 0 aliphatic heterocycles. The molecule has 0 radical (unpaired) electrons. The monoisotopic (exact) mass is 342 g/mol. The Bertz CT molecular complexity index is 736. The summed E-state index contributed by atoms with van der Waals surface area (Å²) in [4.78, 5) is 24.2. The molecular formula is C19H22N2O4. The fourth-order valence-corrected chi connectivity index (χ4v) is 2.25. The lowest BCUT2D eigenvalue weighted by atomic mass is 10.1. The quantitative estimate of drug-likeness (QED) is 0.819. The minimum atomic E-state index is -0.754. The van der Waals surface area contributed by atoms with E-state index in [1.54, 1.807) is 38.3 Å². The molecule has 2 amide bonds. The van der Waals surface area contributed by atoms with Crippen molar-refractivity contribution in [1.29, 1.82) is 0 Å². The van der Waals surface area contributed by atoms with Gasteiger partial charge in [-0.1, -0.05) is 18.2 Å². The van der Waals surface area contributed by atoms with Crippen LogP contribution < -0.4 is 20.3 Å². The number of ether oxygens (including phenoxy) is 2. The molecule has 0 spiro atoms. The maximum absolute atomic E-state index is 12.1. The van der Waals surface area contributed by atoms with Crippen LogP contribution in [-0.2, 0) is 4.79 Å². The molecule has 0 aliphatic carbocycles. The van der Waals surface area contributed by atoms with Gasteiger partial charge in [-0.25, -0.2) is 0 Å². The van der Waals surface area contributed by atoms with E-state index in [9.17, 15) is 9.59 Å². The van der Waals surface area contributed by atoms with Crippen LogP contribution in [0.2, 0.25) is 0 Å². The van der Waals surface area contributed by atoms with Crippen LogP contribution in [0.25, 0.3) is 0 Å². The fraction of sp³-hybridized carbons (Fsp3) is 0.263. The molecule has 25 heavy (non-hydrogen) atoms. The predicted octanol–water partition coefficient (Wildman–Crippen LogP) is 2.54. The van der Waals surface area contributed by atoms with E-state index in [1.165, 1.54) is 0 Å². The third-order valence-corrected chi connectivity index (χ3v) is 3.72. The van der Waals surface area contributed by atoms with Gasteiger partial charge in [-0.3, -0.25) is 20.4 Å². The lowest BCUT2D eigenvalue weighted by Crippen LogP contribution is -2.47. The lowest BCUT2D eigenvalue weighted by molar-refractivity contribution is -0.128. The summed E-state index contributed by atoms with van der Waals surface area (Å²) in [5.41, 5.74) is 7.05. The van der Waals surface area contributed by atoms with Gasteiger partial charge in [-0.05, 0) is 56.2 Å². The molecule has 2 rings (SSSR count). The van der Waals surface area contributed by atoms with E-state index in [2.05, 4.69) is 10.9 Å². The molecule has 0 unspecified atom stereocenters. The molecular weight excluding hydrogens is 320 g/mol. The number of carbonyl (C=O) groups is 2. The first-order chi connectivity index (χ1) is 11.9. The topological polar surface area (TPSA) is 76.7 Å². The summed E-state index contributed by atoms with van der Waals surface area (Å²) in [6, 6.07) is 12.3. The highest BCUT2D eigenvalue weighted by Crippen LogP contribution is 2.23. The van der Waals surface area contributed by atoms with Gasteiger partial charge in [0.05, 0.1) is 7.11 Å². The summed E-state index contributed by atoms with van der Waals surface area (Å²) in [5.74, 6) is 0.461. The van der Waals surface area contributed by atoms with E-state index in [0.29, 0.717) is 17.1 Å². The molecule has 0 fully saturated rings. The summed E-state index contributed by atoms with van der Waals surface area (Å²) in [6.07, 6.45) is -0.754. The summed E-state index contributed by atoms with van der Waals surface area (Å²) in [5, 5.41) is 0. The maximum Gasteiger partial charge on any atom is 0.279 e. The van der Waals surface area contributed by atoms with Crippen molar-refractivity contribution in [3.8, 4) is 11.5 Å². The van der Waals surface area contributed by atoms with Crippen molar-refractivity contribution in [2.75, 3.05) is 7.11 Å². The van der Waals surface area contributed by atoms with Gasteiger partial charge in [0.2, 0.25) is 0 Å². The molecule has 132 valence electrons. The van der Waals surface area contributed by atoms with Gasteiger partial charge in [-0.15, -0.1) is 0 Å². The molecule has 1 atom stereocenters. The number of methoxy groups -OCH3 is 1. The summed E-state index contributed by atoms with van der Waals surface area (Å²) < 4.78 is 10.8. The normalized spacial score (nSPS) is 11.4. The van der Waals surface area contributed by atoms with Crippen LogP contribution in [0, 0.1) is 13.8 Å². The van der Waals surface area contributed by atoms with Gasteiger partial charge in [0.15, 0.2) is 6.10 Å². The SMILES string of the molecule is COc1ccc(C(=O)NNC(=O)[C@H](C)Oc2c(C)cccc2C)cc1. The van der Waals surface area contributed by atoms with Crippen LogP contribution >= 0.6 is 0 Å². The van der Waals surface area contributed by atoms with E-state index >= 15 is 0 Å². The average Bonchev–Trinajstić information content (AvgIpc) is 2.62. The molecule has 0 saturated heterocycles. The number of hydrogen-bond donors (Lipinski definition) is 2. The highest BCUT2D eigenvalue weighted by Gasteiger charge is 2.17. The number of nitrogens with one attached hydrogen (secondary N) is 2. The second kappa shape index (κ2) is 8.19. The Labute approximate surface area is 147 Å². The number of benzene rings is 2. The minimum absolute atomic E-state index is 0.407. The zero-order valence-corrected chi connectivity index (χ0v) is 14.8. The van der Waals surface area contributed by atoms with Gasteiger partial charge in [0.25, 0.3) is 11.8 Å². The second-order valence-corrected chi connectivity index (χ2v) is 5.65. The smallest absolute Gasteiger partial charge is 0.279 e. The molecule has 0 bridgehead atoms. The van der Waals surface area contributed by atoms with E-state index in [1.807, 2.05) is 32.0 Å². The van der Waals surface area contributed by atoms with Gasteiger partial charge in [0, 0.05) is 5.56 Å². The third kappa shape index (κ3) is 4.73. The van der Waals surface area contributed by atoms with Gasteiger partial charge in [-0.2, -0.15) is 0 Å². The van der Waals surface area contributed by atoms with Crippen LogP contribution in [0.4, 0.5) is 0 Å². The van der Waals surface area contributed by atoms with Crippen molar-refractivity contribution < 1.29 is 19.1 Å². The van der Waals surface area contributed by atoms with E-state index in [-0.39, 0.29) is 0 Å². The van der Waals surface area contributed by atoms with E-state index in [4.69, 9.17) is 9.47 Å². The number of aryl methyl sites for hydroxylation is 2. The summed E-state index contributed by atoms with van der Waals surface area (Å²) in [7, 11) is 1.55. The molecule has 2 N–H and O–H groups in total. The van der Waals surface area contributed by atoms with Crippen LogP contribution in [-0.4, -0.2) is 25.0 Å². The Balaban J connectivity index is 1.91. The summed E-state index contributed by atoms with van der Waals surface area (Å²) >= 11 is 0. The van der Waals surface area contributed by atoms with Gasteiger partial charge < -0.3 is 9.47 Å². The second-order valence-electron chi connectivity index (χ2n) is 5.65. The van der Waals surface area contributed by atoms with Crippen molar-refractivity contribution in [2.45, 2.75) is 26.9 Å². The van der Waals surface area contributed by atoms with Gasteiger partial charge in [0.1, 0.15) is 11.5 Å². The molecule has 2 aromatic carbocycles. The molecule has 0 aromatic heterocycles. The van der Waals surface area contributed by atoms with Crippen molar-refractivity contribution in [3.05, 3.63) is 59.2 Å². The maximum atomic E-state index is 12.1. The average molecular weight is 342 g/mol. The van der Waals surface area contributed by atoms with Gasteiger partial charge >= 0.3 is 0 Å². The molecule has 0 saturated carbocycles. The molecule has 0 heterocycles. The highest BCUT2D eigenvalue weighted by molar-refractivity contribution is 5.95. The van der Waals surface area contributed by atoms with Crippen LogP contribution in [0.3, 0.4) is 0 Å². The fourth-order valence-electron chi connectivity index (χ4n) is 2.25. The molecule has 2 aromatic rings. The standard InChI is InChI=1S/C19H22N2O4/c1-12-6-5-7-13(2)17(12)25-14(3)18(22)20-21-19(23)15-8-10-16(24-4)11-9-15/h5-11,14H,1-4H3,(H,20,22)(H,21,23)/t14-/m0/s1. The number of amides is 2. The first-order valence-corrected chi connectivity index (χ1v) is 7.89. The van der Waals surface area contributed by atoms with Crippen LogP contribution in [0.15, 0.2) is 42.5 Å².